The number of aryl methyl sites for hydroxylation is 2. The van der Waals surface area contributed by atoms with Crippen LogP contribution >= 0.6 is 0 Å². The zero-order valence-corrected chi connectivity index (χ0v) is 17.6. The fourth-order valence-corrected chi connectivity index (χ4v) is 4.20. The minimum absolute atomic E-state index is 0.459. The Bertz CT molecular complexity index is 1260. The maximum atomic E-state index is 6.42. The van der Waals surface area contributed by atoms with Gasteiger partial charge in [0.25, 0.3) is 0 Å². The first kappa shape index (κ1) is 19.2. The second-order valence-corrected chi connectivity index (χ2v) is 7.88. The van der Waals surface area contributed by atoms with Gasteiger partial charge in [-0.1, -0.05) is 60.7 Å². The number of benzene rings is 4. The summed E-state index contributed by atoms with van der Waals surface area (Å²) in [7, 11) is 1.93. The molecule has 1 aliphatic rings. The highest BCUT2D eigenvalue weighted by Gasteiger charge is 2.18. The van der Waals surface area contributed by atoms with Crippen LogP contribution in [-0.2, 0) is 19.4 Å². The number of hydrogen-bond acceptors (Lipinski definition) is 2. The Morgan fingerprint density at radius 2 is 1.77 bits per heavy atom. The van der Waals surface area contributed by atoms with E-state index in [9.17, 15) is 0 Å². The van der Waals surface area contributed by atoms with Crippen molar-refractivity contribution in [2.24, 2.45) is 10.7 Å². The molecule has 154 valence electrons. The Morgan fingerprint density at radius 1 is 0.935 bits per heavy atom. The number of guanidine groups is 1. The van der Waals surface area contributed by atoms with Crippen molar-refractivity contribution in [1.29, 1.82) is 0 Å². The van der Waals surface area contributed by atoms with Crippen molar-refractivity contribution < 1.29 is 4.74 Å². The predicted molar refractivity (Wildman–Crippen MR) is 128 cm³/mol. The molecule has 0 aromatic heterocycles. The number of anilines is 1. The van der Waals surface area contributed by atoms with Gasteiger partial charge in [0.15, 0.2) is 0 Å². The van der Waals surface area contributed by atoms with Gasteiger partial charge in [-0.2, -0.15) is 0 Å². The summed E-state index contributed by atoms with van der Waals surface area (Å²) >= 11 is 0. The summed E-state index contributed by atoms with van der Waals surface area (Å²) in [5, 5.41) is 2.62. The molecule has 5 rings (SSSR count). The Morgan fingerprint density at radius 3 is 2.65 bits per heavy atom. The normalized spacial score (nSPS) is 12.9. The Labute approximate surface area is 182 Å². The van der Waals surface area contributed by atoms with E-state index in [1.54, 1.807) is 0 Å². The molecule has 0 aliphatic heterocycles. The van der Waals surface area contributed by atoms with E-state index >= 15 is 0 Å². The topological polar surface area (TPSA) is 50.8 Å². The van der Waals surface area contributed by atoms with Crippen LogP contribution in [0.15, 0.2) is 89.9 Å². The summed E-state index contributed by atoms with van der Waals surface area (Å²) in [6, 6.07) is 28.8. The van der Waals surface area contributed by atoms with Crippen LogP contribution in [0.3, 0.4) is 0 Å². The summed E-state index contributed by atoms with van der Waals surface area (Å²) < 4.78 is 5.97. The highest BCUT2D eigenvalue weighted by atomic mass is 16.5. The van der Waals surface area contributed by atoms with Gasteiger partial charge in [0.2, 0.25) is 5.96 Å². The molecule has 0 unspecified atom stereocenters. The van der Waals surface area contributed by atoms with Crippen molar-refractivity contribution in [2.45, 2.75) is 19.4 Å². The fraction of sp³-hybridized carbons (Fsp3) is 0.148. The van der Waals surface area contributed by atoms with E-state index in [4.69, 9.17) is 15.5 Å². The molecule has 4 aromatic rings. The first-order valence-corrected chi connectivity index (χ1v) is 10.6. The highest BCUT2D eigenvalue weighted by molar-refractivity contribution is 5.99. The molecule has 31 heavy (non-hydrogen) atoms. The third-order valence-electron chi connectivity index (χ3n) is 5.89. The van der Waals surface area contributed by atoms with Gasteiger partial charge in [0.1, 0.15) is 12.4 Å². The lowest BCUT2D eigenvalue weighted by Gasteiger charge is -2.19. The zero-order chi connectivity index (χ0) is 21.2. The number of nitrogens with two attached hydrogens (primary N) is 1. The standard InChI is InChI=1S/C27H25N3O/c1-30(22-11-6-12-23(17-22)31-18-19-7-3-2-4-8-19)27(28)29-25-16-14-21-10-5-9-20-13-15-24(25)26(20)21/h2-12,14,16-17H,13,15,18H2,1H3,(H2,28,29). The van der Waals surface area contributed by atoms with Crippen LogP contribution in [-0.4, -0.2) is 13.0 Å². The lowest BCUT2D eigenvalue weighted by atomic mass is 10.0. The minimum atomic E-state index is 0.459. The van der Waals surface area contributed by atoms with Crippen LogP contribution < -0.4 is 15.4 Å². The molecule has 0 atom stereocenters. The molecule has 0 saturated heterocycles. The lowest BCUT2D eigenvalue weighted by molar-refractivity contribution is 0.306. The van der Waals surface area contributed by atoms with Crippen LogP contribution in [0.2, 0.25) is 0 Å². The first-order chi connectivity index (χ1) is 15.2. The van der Waals surface area contributed by atoms with Crippen LogP contribution in [0.1, 0.15) is 16.7 Å². The average Bonchev–Trinajstić information content (AvgIpc) is 3.26. The largest absolute Gasteiger partial charge is 0.489 e. The molecule has 0 heterocycles. The van der Waals surface area contributed by atoms with Crippen LogP contribution in [0.4, 0.5) is 11.4 Å². The van der Waals surface area contributed by atoms with Gasteiger partial charge < -0.3 is 15.4 Å². The van der Waals surface area contributed by atoms with Crippen LogP contribution in [0.25, 0.3) is 10.8 Å². The summed E-state index contributed by atoms with van der Waals surface area (Å²) in [4.78, 5) is 6.69. The van der Waals surface area contributed by atoms with Gasteiger partial charge in [-0.05, 0) is 58.5 Å². The molecular weight excluding hydrogens is 382 g/mol. The van der Waals surface area contributed by atoms with E-state index in [0.717, 1.165) is 35.5 Å². The van der Waals surface area contributed by atoms with Crippen molar-refractivity contribution in [3.05, 3.63) is 102 Å². The smallest absolute Gasteiger partial charge is 0.200 e. The average molecular weight is 408 g/mol. The van der Waals surface area contributed by atoms with Crippen molar-refractivity contribution >= 4 is 28.1 Å². The van der Waals surface area contributed by atoms with Crippen molar-refractivity contribution in [3.8, 4) is 5.75 Å². The highest BCUT2D eigenvalue weighted by Crippen LogP contribution is 2.37. The molecule has 4 aromatic carbocycles. The zero-order valence-electron chi connectivity index (χ0n) is 17.6. The maximum Gasteiger partial charge on any atom is 0.200 e. The van der Waals surface area contributed by atoms with Crippen LogP contribution in [0, 0.1) is 0 Å². The Kier molecular flexibility index (Phi) is 5.04. The third-order valence-corrected chi connectivity index (χ3v) is 5.89. The first-order valence-electron chi connectivity index (χ1n) is 10.6. The van der Waals surface area contributed by atoms with E-state index in [1.165, 1.54) is 21.9 Å². The molecule has 1 aliphatic carbocycles. The number of nitrogens with zero attached hydrogens (tertiary/aromatic N) is 2. The summed E-state index contributed by atoms with van der Waals surface area (Å²) in [5.74, 6) is 1.26. The van der Waals surface area contributed by atoms with E-state index in [1.807, 2.05) is 54.4 Å². The fourth-order valence-electron chi connectivity index (χ4n) is 4.20. The molecule has 0 saturated carbocycles. The van der Waals surface area contributed by atoms with Crippen molar-refractivity contribution in [3.63, 3.8) is 0 Å². The SMILES string of the molecule is CN(C(N)=Nc1ccc2cccc3c2c1CC3)c1cccc(OCc2ccccc2)c1. The minimum Gasteiger partial charge on any atom is -0.489 e. The number of ether oxygens (including phenoxy) is 1. The van der Waals surface area contributed by atoms with Gasteiger partial charge >= 0.3 is 0 Å². The summed E-state index contributed by atoms with van der Waals surface area (Å²) in [6.07, 6.45) is 2.07. The molecule has 0 fully saturated rings. The number of rotatable bonds is 5. The van der Waals surface area contributed by atoms with Gasteiger partial charge in [-0.15, -0.1) is 0 Å². The molecule has 2 N–H and O–H groups in total. The molecule has 4 heteroatoms. The Hall–Kier alpha value is -3.79. The predicted octanol–water partition coefficient (Wildman–Crippen LogP) is 5.60. The van der Waals surface area contributed by atoms with E-state index in [0.29, 0.717) is 12.6 Å². The second kappa shape index (κ2) is 8.15. The quantitative estimate of drug-likeness (QED) is 0.346. The van der Waals surface area contributed by atoms with Crippen molar-refractivity contribution in [1.82, 2.24) is 0 Å². The molecule has 0 amide bonds. The molecular formula is C27H25N3O. The monoisotopic (exact) mass is 407 g/mol. The number of hydrogen-bond donors (Lipinski definition) is 1. The molecule has 0 spiro atoms. The molecule has 4 nitrogen and oxygen atoms in total. The third kappa shape index (κ3) is 3.84. The van der Waals surface area contributed by atoms with E-state index in [-0.39, 0.29) is 0 Å². The maximum absolute atomic E-state index is 6.42. The van der Waals surface area contributed by atoms with Gasteiger partial charge in [0, 0.05) is 18.8 Å². The number of aliphatic imine (C=N–C) groups is 1. The van der Waals surface area contributed by atoms with Gasteiger partial charge in [0.05, 0.1) is 5.69 Å². The Balaban J connectivity index is 1.38. The van der Waals surface area contributed by atoms with E-state index < -0.39 is 0 Å². The molecule has 0 radical (unpaired) electrons. The van der Waals surface area contributed by atoms with Gasteiger partial charge in [-0.25, -0.2) is 4.99 Å². The van der Waals surface area contributed by atoms with Gasteiger partial charge in [-0.3, -0.25) is 0 Å². The summed E-state index contributed by atoms with van der Waals surface area (Å²) in [5.41, 5.74) is 12.1. The summed E-state index contributed by atoms with van der Waals surface area (Å²) in [6.45, 7) is 0.528. The van der Waals surface area contributed by atoms with Crippen LogP contribution in [0.5, 0.6) is 5.75 Å². The van der Waals surface area contributed by atoms with E-state index in [2.05, 4.69) is 42.5 Å². The lowest BCUT2D eigenvalue weighted by Crippen LogP contribution is -2.33. The molecule has 0 bridgehead atoms. The second-order valence-electron chi connectivity index (χ2n) is 7.88. The van der Waals surface area contributed by atoms with Crippen molar-refractivity contribution in [2.75, 3.05) is 11.9 Å².